The molecule has 0 amide bonds. The monoisotopic (exact) mass is 585 g/mol. The number of nitrogens with zero attached hydrogens (tertiary/aromatic N) is 3. The normalized spacial score (nSPS) is 12.5. The van der Waals surface area contributed by atoms with E-state index >= 15 is 0 Å². The van der Waals surface area contributed by atoms with E-state index in [0.29, 0.717) is 0 Å². The summed E-state index contributed by atoms with van der Waals surface area (Å²) in [4.78, 5) is 14.3. The smallest absolute Gasteiger partial charge is 0.0722 e. The fraction of sp³-hybridized carbons (Fsp3) is 0.444. The Bertz CT molecular complexity index is 1680. The zero-order chi connectivity index (χ0) is 28.6. The van der Waals surface area contributed by atoms with Crippen LogP contribution in [0.2, 0.25) is 0 Å². The zero-order valence-corrected chi connectivity index (χ0v) is 27.7. The molecule has 41 heavy (non-hydrogen) atoms. The summed E-state index contributed by atoms with van der Waals surface area (Å²) >= 11 is 0. The van der Waals surface area contributed by atoms with Crippen LogP contribution in [0.25, 0.3) is 45.9 Å². The molecule has 0 spiro atoms. The number of aryl methyl sites for hydroxylation is 7. The number of allylic oxidation sites excluding steroid dienone is 1. The van der Waals surface area contributed by atoms with E-state index in [2.05, 4.69) is 95.3 Å². The summed E-state index contributed by atoms with van der Waals surface area (Å²) in [7, 11) is 0. The van der Waals surface area contributed by atoms with Gasteiger partial charge in [0.05, 0.1) is 22.8 Å². The Hall–Kier alpha value is -2.82. The van der Waals surface area contributed by atoms with Gasteiger partial charge >= 0.3 is 0 Å². The minimum atomic E-state index is 0. The zero-order valence-electron chi connectivity index (χ0n) is 26.3. The number of H-pyrrole nitrogens is 1. The summed E-state index contributed by atoms with van der Waals surface area (Å²) in [6.07, 6.45) is 13.5. The van der Waals surface area contributed by atoms with Crippen LogP contribution < -0.4 is 0 Å². The van der Waals surface area contributed by atoms with Gasteiger partial charge in [-0.25, -0.2) is 9.97 Å². The second-order valence-corrected chi connectivity index (χ2v) is 10.8. The molecular weight excluding hydrogens is 539 g/mol. The first kappa shape index (κ1) is 31.1. The van der Waals surface area contributed by atoms with Gasteiger partial charge in [0.25, 0.3) is 0 Å². The van der Waals surface area contributed by atoms with Gasteiger partial charge in [0.15, 0.2) is 0 Å². The van der Waals surface area contributed by atoms with E-state index in [1.807, 2.05) is 0 Å². The fourth-order valence-electron chi connectivity index (χ4n) is 7.09. The molecule has 215 valence electrons. The Morgan fingerprint density at radius 1 is 0.585 bits per heavy atom. The standard InChI is InChI=1S/C36H46N4.V/c1-9-22-19-25-20-23-17-18-24(37-23)21-32-26(10-2)29(13-5)36(40(32)16-8)31(15-7)35-28(12-4)27(11-3)34(39-35)30(14-6)33(22)38-25;/h17-21,39H,9-16H2,1-8H3;. The van der Waals surface area contributed by atoms with Crippen molar-refractivity contribution in [1.29, 1.82) is 0 Å². The van der Waals surface area contributed by atoms with Gasteiger partial charge in [-0.05, 0) is 116 Å². The average Bonchev–Trinajstić information content (AvgIpc) is 3.73. The summed E-state index contributed by atoms with van der Waals surface area (Å²) in [6.45, 7) is 19.3. The van der Waals surface area contributed by atoms with Gasteiger partial charge in [0.1, 0.15) is 0 Å². The third-order valence-corrected chi connectivity index (χ3v) is 8.86. The number of nitrogens with one attached hydrogen (secondary N) is 1. The molecule has 1 radical (unpaired) electrons. The molecule has 0 aliphatic carbocycles. The molecule has 0 fully saturated rings. The Balaban J connectivity index is 0.00000387. The molecule has 0 aromatic carbocycles. The van der Waals surface area contributed by atoms with Crippen molar-refractivity contribution in [3.63, 3.8) is 0 Å². The number of rotatable bonds is 8. The number of fused-ring (bicyclic) bond motifs is 8. The number of aromatic nitrogens is 4. The SMILES string of the molecule is CCC1=Cc2cc3nc(cc4c(CC)c(CC)c(c(CC)c5[nH]c(c(CC)c1n2)c(CC)c5CC)n4CC)C=C3.[V]. The van der Waals surface area contributed by atoms with Crippen LogP contribution in [-0.4, -0.2) is 19.5 Å². The van der Waals surface area contributed by atoms with Crippen LogP contribution in [-0.2, 0) is 63.6 Å². The number of hydrogen-bond acceptors (Lipinski definition) is 2. The maximum Gasteiger partial charge on any atom is 0.0722 e. The molecule has 0 atom stereocenters. The van der Waals surface area contributed by atoms with E-state index in [-0.39, 0.29) is 18.6 Å². The van der Waals surface area contributed by atoms with Gasteiger partial charge < -0.3 is 9.55 Å². The predicted octanol–water partition coefficient (Wildman–Crippen LogP) is 9.30. The van der Waals surface area contributed by atoms with Crippen LogP contribution in [0.1, 0.15) is 118 Å². The molecule has 0 unspecified atom stereocenters. The van der Waals surface area contributed by atoms with Crippen LogP contribution in [0.15, 0.2) is 12.1 Å². The van der Waals surface area contributed by atoms with Crippen molar-refractivity contribution >= 4 is 45.9 Å². The molecule has 0 saturated heterocycles. The molecule has 5 rings (SSSR count). The molecule has 1 N–H and O–H groups in total. The largest absolute Gasteiger partial charge is 0.354 e. The first-order valence-corrected chi connectivity index (χ1v) is 15.7. The van der Waals surface area contributed by atoms with Crippen molar-refractivity contribution in [3.8, 4) is 0 Å². The van der Waals surface area contributed by atoms with Crippen LogP contribution in [0.4, 0.5) is 0 Å². The topological polar surface area (TPSA) is 46.5 Å². The van der Waals surface area contributed by atoms with Gasteiger partial charge in [0.2, 0.25) is 0 Å². The molecule has 2 aliphatic rings. The molecule has 5 heterocycles. The number of aromatic amines is 1. The third kappa shape index (κ3) is 5.19. The molecule has 0 saturated carbocycles. The molecule has 4 nitrogen and oxygen atoms in total. The van der Waals surface area contributed by atoms with E-state index in [9.17, 15) is 0 Å². The van der Waals surface area contributed by atoms with E-state index < -0.39 is 0 Å². The maximum absolute atomic E-state index is 5.22. The van der Waals surface area contributed by atoms with E-state index in [1.165, 1.54) is 61.0 Å². The summed E-state index contributed by atoms with van der Waals surface area (Å²) in [6, 6.07) is 4.45. The van der Waals surface area contributed by atoms with Gasteiger partial charge in [-0.2, -0.15) is 0 Å². The summed E-state index contributed by atoms with van der Waals surface area (Å²) < 4.78 is 2.57. The summed E-state index contributed by atoms with van der Waals surface area (Å²) in [5.74, 6) is 0. The Labute approximate surface area is 258 Å². The van der Waals surface area contributed by atoms with Gasteiger partial charge in [-0.3, -0.25) is 0 Å². The van der Waals surface area contributed by atoms with Crippen LogP contribution in [0.5, 0.6) is 0 Å². The molecule has 5 heteroatoms. The molecule has 8 bridgehead atoms. The van der Waals surface area contributed by atoms with Crippen molar-refractivity contribution in [1.82, 2.24) is 19.5 Å². The molecule has 3 aromatic rings. The van der Waals surface area contributed by atoms with Gasteiger partial charge in [0, 0.05) is 52.7 Å². The van der Waals surface area contributed by atoms with E-state index in [0.717, 1.165) is 74.3 Å². The minimum absolute atomic E-state index is 0. The first-order chi connectivity index (χ1) is 19.5. The summed E-state index contributed by atoms with van der Waals surface area (Å²) in [5.41, 5.74) is 19.4. The van der Waals surface area contributed by atoms with Crippen molar-refractivity contribution < 1.29 is 18.6 Å². The minimum Gasteiger partial charge on any atom is -0.354 e. The van der Waals surface area contributed by atoms with Crippen LogP contribution >= 0.6 is 0 Å². The van der Waals surface area contributed by atoms with E-state index in [1.54, 1.807) is 0 Å². The quantitative estimate of drug-likeness (QED) is 0.224. The molecule has 3 aromatic heterocycles. The predicted molar refractivity (Wildman–Crippen MR) is 174 cm³/mol. The maximum atomic E-state index is 5.22. The Morgan fingerprint density at radius 2 is 1.15 bits per heavy atom. The fourth-order valence-corrected chi connectivity index (χ4v) is 7.09. The van der Waals surface area contributed by atoms with Crippen molar-refractivity contribution in [2.24, 2.45) is 0 Å². The second-order valence-electron chi connectivity index (χ2n) is 10.8. The third-order valence-electron chi connectivity index (χ3n) is 8.86. The Morgan fingerprint density at radius 3 is 1.68 bits per heavy atom. The summed E-state index contributed by atoms with van der Waals surface area (Å²) in [5, 5.41) is 0. The average molecular weight is 586 g/mol. The van der Waals surface area contributed by atoms with Gasteiger partial charge in [-0.1, -0.05) is 48.5 Å². The molecule has 2 aliphatic heterocycles. The number of hydrogen-bond donors (Lipinski definition) is 1. The van der Waals surface area contributed by atoms with E-state index in [4.69, 9.17) is 9.97 Å². The first-order valence-electron chi connectivity index (χ1n) is 15.7. The van der Waals surface area contributed by atoms with Crippen molar-refractivity contribution in [2.75, 3.05) is 0 Å². The van der Waals surface area contributed by atoms with Gasteiger partial charge in [-0.15, -0.1) is 0 Å². The van der Waals surface area contributed by atoms with Crippen molar-refractivity contribution in [3.05, 3.63) is 68.3 Å². The van der Waals surface area contributed by atoms with Crippen LogP contribution in [0.3, 0.4) is 0 Å². The van der Waals surface area contributed by atoms with Crippen molar-refractivity contribution in [2.45, 2.75) is 107 Å². The Kier molecular flexibility index (Phi) is 9.87. The van der Waals surface area contributed by atoms with Crippen LogP contribution in [0, 0.1) is 0 Å². The second kappa shape index (κ2) is 13.0. The molecular formula is C36H46N4V.